The standard InChI is InChI=1S/C21H41ClO2/c1-17(2)9-6-10-18(3)11-7-12-19(4)13-8-14-20(5)15-16-24-21(22)23/h17-20H,6-16H2,1-5H3. The Kier molecular flexibility index (Phi) is 14.9. The molecule has 0 aliphatic rings. The number of carbonyl (C=O) groups excluding carboxylic acids is 1. The van der Waals surface area contributed by atoms with Gasteiger partial charge in [0.2, 0.25) is 0 Å². The first kappa shape index (κ1) is 23.8. The molecule has 2 nitrogen and oxygen atoms in total. The van der Waals surface area contributed by atoms with Gasteiger partial charge in [0.25, 0.3) is 0 Å². The number of halogens is 1. The molecule has 3 heteroatoms. The summed E-state index contributed by atoms with van der Waals surface area (Å²) >= 11 is 5.16. The van der Waals surface area contributed by atoms with Crippen LogP contribution in [0.15, 0.2) is 0 Å². The molecule has 0 bridgehead atoms. The van der Waals surface area contributed by atoms with E-state index in [0.717, 1.165) is 24.2 Å². The topological polar surface area (TPSA) is 26.3 Å². The van der Waals surface area contributed by atoms with Crippen LogP contribution in [0, 0.1) is 23.7 Å². The van der Waals surface area contributed by atoms with Gasteiger partial charge >= 0.3 is 5.43 Å². The average Bonchev–Trinajstić information content (AvgIpc) is 2.46. The number of hydrogen-bond donors (Lipinski definition) is 0. The summed E-state index contributed by atoms with van der Waals surface area (Å²) in [6.45, 7) is 12.1. The number of carbonyl (C=O) groups is 1. The molecule has 0 amide bonds. The molecule has 0 aliphatic heterocycles. The van der Waals surface area contributed by atoms with Crippen LogP contribution in [0.3, 0.4) is 0 Å². The van der Waals surface area contributed by atoms with E-state index in [-0.39, 0.29) is 0 Å². The monoisotopic (exact) mass is 360 g/mol. The maximum Gasteiger partial charge on any atom is 0.403 e. The van der Waals surface area contributed by atoms with Crippen molar-refractivity contribution in [1.29, 1.82) is 0 Å². The molecule has 0 N–H and O–H groups in total. The normalized spacial score (nSPS) is 15.3. The molecule has 3 unspecified atom stereocenters. The second kappa shape index (κ2) is 15.0. The zero-order chi connectivity index (χ0) is 18.4. The van der Waals surface area contributed by atoms with Crippen LogP contribution >= 0.6 is 11.6 Å². The molecule has 144 valence electrons. The molecule has 0 fully saturated rings. The highest BCUT2D eigenvalue weighted by Gasteiger charge is 2.08. The van der Waals surface area contributed by atoms with Gasteiger partial charge in [-0.05, 0) is 30.1 Å². The Labute approximate surface area is 156 Å². The SMILES string of the molecule is CC(C)CCCC(C)CCCC(C)CCCC(C)CCOC(=O)Cl. The number of ether oxygens (including phenoxy) is 1. The minimum absolute atomic E-state index is 0.452. The van der Waals surface area contributed by atoms with Crippen molar-refractivity contribution in [3.05, 3.63) is 0 Å². The van der Waals surface area contributed by atoms with E-state index >= 15 is 0 Å². The minimum Gasteiger partial charge on any atom is -0.454 e. The fraction of sp³-hybridized carbons (Fsp3) is 0.952. The second-order valence-electron chi connectivity index (χ2n) is 8.38. The zero-order valence-corrected chi connectivity index (χ0v) is 17.5. The van der Waals surface area contributed by atoms with Crippen LogP contribution in [-0.4, -0.2) is 12.0 Å². The highest BCUT2D eigenvalue weighted by molar-refractivity contribution is 6.61. The molecule has 0 heterocycles. The van der Waals surface area contributed by atoms with Crippen LogP contribution in [0.25, 0.3) is 0 Å². The van der Waals surface area contributed by atoms with Gasteiger partial charge in [-0.1, -0.05) is 92.4 Å². The molecular weight excluding hydrogens is 320 g/mol. The highest BCUT2D eigenvalue weighted by Crippen LogP contribution is 2.22. The number of rotatable bonds is 15. The third kappa shape index (κ3) is 16.6. The summed E-state index contributed by atoms with van der Waals surface area (Å²) < 4.78 is 4.78. The van der Waals surface area contributed by atoms with Gasteiger partial charge < -0.3 is 4.74 Å². The molecule has 0 radical (unpaired) electrons. The van der Waals surface area contributed by atoms with Crippen LogP contribution in [0.4, 0.5) is 4.79 Å². The zero-order valence-electron chi connectivity index (χ0n) is 16.8. The van der Waals surface area contributed by atoms with Crippen molar-refractivity contribution in [1.82, 2.24) is 0 Å². The van der Waals surface area contributed by atoms with Crippen molar-refractivity contribution < 1.29 is 9.53 Å². The van der Waals surface area contributed by atoms with E-state index < -0.39 is 5.43 Å². The highest BCUT2D eigenvalue weighted by atomic mass is 35.5. The average molecular weight is 361 g/mol. The van der Waals surface area contributed by atoms with Crippen LogP contribution in [0.2, 0.25) is 0 Å². The fourth-order valence-electron chi connectivity index (χ4n) is 3.28. The quantitative estimate of drug-likeness (QED) is 0.278. The first-order valence-corrected chi connectivity index (χ1v) is 10.5. The van der Waals surface area contributed by atoms with E-state index in [0.29, 0.717) is 12.5 Å². The molecule has 24 heavy (non-hydrogen) atoms. The lowest BCUT2D eigenvalue weighted by atomic mass is 9.91. The Morgan fingerprint density at radius 3 is 1.46 bits per heavy atom. The molecular formula is C21H41ClO2. The first-order valence-electron chi connectivity index (χ1n) is 10.1. The molecule has 0 aromatic heterocycles. The number of hydrogen-bond acceptors (Lipinski definition) is 2. The summed E-state index contributed by atoms with van der Waals surface area (Å²) in [6, 6.07) is 0. The molecule has 0 aliphatic carbocycles. The van der Waals surface area contributed by atoms with Crippen molar-refractivity contribution in [3.8, 4) is 0 Å². The molecule has 0 saturated carbocycles. The van der Waals surface area contributed by atoms with Crippen LogP contribution in [0.1, 0.15) is 98.8 Å². The fourth-order valence-corrected chi connectivity index (χ4v) is 3.35. The van der Waals surface area contributed by atoms with Gasteiger partial charge in [0.05, 0.1) is 6.61 Å². The third-order valence-electron chi connectivity index (χ3n) is 5.09. The van der Waals surface area contributed by atoms with Crippen LogP contribution in [-0.2, 0) is 4.74 Å². The smallest absolute Gasteiger partial charge is 0.403 e. The summed E-state index contributed by atoms with van der Waals surface area (Å²) in [6.07, 6.45) is 13.0. The van der Waals surface area contributed by atoms with Gasteiger partial charge in [0.1, 0.15) is 0 Å². The third-order valence-corrected chi connectivity index (χ3v) is 5.20. The van der Waals surface area contributed by atoms with E-state index in [9.17, 15) is 4.79 Å². The predicted octanol–water partition coefficient (Wildman–Crippen LogP) is 7.83. The summed E-state index contributed by atoms with van der Waals surface area (Å²) in [5.74, 6) is 3.18. The van der Waals surface area contributed by atoms with Crippen LogP contribution < -0.4 is 0 Å². The largest absolute Gasteiger partial charge is 0.454 e. The van der Waals surface area contributed by atoms with E-state index in [1.54, 1.807) is 0 Å². The Balaban J connectivity index is 3.51. The first-order chi connectivity index (χ1) is 11.3. The Bertz CT molecular complexity index is 304. The van der Waals surface area contributed by atoms with Gasteiger partial charge in [-0.15, -0.1) is 0 Å². The van der Waals surface area contributed by atoms with Gasteiger partial charge in [-0.25, -0.2) is 4.79 Å². The molecule has 0 aromatic rings. The molecule has 0 rings (SSSR count). The van der Waals surface area contributed by atoms with E-state index in [2.05, 4.69) is 34.6 Å². The van der Waals surface area contributed by atoms with Gasteiger partial charge in [0.15, 0.2) is 0 Å². The lowest BCUT2D eigenvalue weighted by Crippen LogP contribution is -2.04. The van der Waals surface area contributed by atoms with E-state index in [1.165, 1.54) is 57.8 Å². The molecule has 0 saturated heterocycles. The lowest BCUT2D eigenvalue weighted by Gasteiger charge is -2.16. The Hall–Kier alpha value is -0.240. The summed E-state index contributed by atoms with van der Waals surface area (Å²) in [4.78, 5) is 10.5. The van der Waals surface area contributed by atoms with Crippen molar-refractivity contribution in [2.24, 2.45) is 23.7 Å². The predicted molar refractivity (Wildman–Crippen MR) is 106 cm³/mol. The van der Waals surface area contributed by atoms with Crippen molar-refractivity contribution in [2.45, 2.75) is 98.8 Å². The molecule has 3 atom stereocenters. The minimum atomic E-state index is -0.686. The van der Waals surface area contributed by atoms with Gasteiger partial charge in [-0.3, -0.25) is 0 Å². The Morgan fingerprint density at radius 1 is 0.708 bits per heavy atom. The van der Waals surface area contributed by atoms with E-state index in [1.807, 2.05) is 0 Å². The van der Waals surface area contributed by atoms with Crippen molar-refractivity contribution in [3.63, 3.8) is 0 Å². The summed E-state index contributed by atoms with van der Waals surface area (Å²) in [7, 11) is 0. The van der Waals surface area contributed by atoms with Crippen molar-refractivity contribution >= 4 is 17.0 Å². The summed E-state index contributed by atoms with van der Waals surface area (Å²) in [5.41, 5.74) is -0.686. The second-order valence-corrected chi connectivity index (χ2v) is 8.69. The van der Waals surface area contributed by atoms with Gasteiger partial charge in [0, 0.05) is 11.6 Å². The molecule has 0 spiro atoms. The Morgan fingerprint density at radius 2 is 1.08 bits per heavy atom. The maximum atomic E-state index is 10.5. The van der Waals surface area contributed by atoms with Crippen LogP contribution in [0.5, 0.6) is 0 Å². The maximum absolute atomic E-state index is 10.5. The van der Waals surface area contributed by atoms with E-state index in [4.69, 9.17) is 16.3 Å². The van der Waals surface area contributed by atoms with Gasteiger partial charge in [-0.2, -0.15) is 0 Å². The lowest BCUT2D eigenvalue weighted by molar-refractivity contribution is 0.164. The van der Waals surface area contributed by atoms with Crippen molar-refractivity contribution in [2.75, 3.05) is 6.61 Å². The summed E-state index contributed by atoms with van der Waals surface area (Å²) in [5, 5.41) is 0. The molecule has 0 aromatic carbocycles.